The number of benzene rings is 1. The van der Waals surface area contributed by atoms with Gasteiger partial charge in [-0.15, -0.1) is 11.3 Å². The third-order valence-electron chi connectivity index (χ3n) is 2.85. The Balaban J connectivity index is 2.14. The predicted octanol–water partition coefficient (Wildman–Crippen LogP) is 4.54. The molecule has 0 aliphatic heterocycles. The molecular formula is C16H15BrO3S. The first-order chi connectivity index (χ1) is 10.1. The zero-order valence-electron chi connectivity index (χ0n) is 11.5. The van der Waals surface area contributed by atoms with E-state index < -0.39 is 5.97 Å². The standard InChI is InChI=1S/C16H15BrO3S/c1-11-9-13(17)10-12(4-5-15(18)19)16(11)20-7-6-14-3-2-8-21-14/h2-5,8-10H,6-7H2,1H3,(H,18,19)/b5-4+. The quantitative estimate of drug-likeness (QED) is 0.763. The van der Waals surface area contributed by atoms with Crippen LogP contribution in [0.5, 0.6) is 5.75 Å². The maximum Gasteiger partial charge on any atom is 0.328 e. The summed E-state index contributed by atoms with van der Waals surface area (Å²) in [6, 6.07) is 7.91. The van der Waals surface area contributed by atoms with Gasteiger partial charge in [0.05, 0.1) is 6.61 Å². The highest BCUT2D eigenvalue weighted by Gasteiger charge is 2.08. The lowest BCUT2D eigenvalue weighted by Crippen LogP contribution is -2.03. The van der Waals surface area contributed by atoms with Crippen LogP contribution >= 0.6 is 27.3 Å². The molecule has 0 aliphatic carbocycles. The van der Waals surface area contributed by atoms with E-state index in [0.717, 1.165) is 33.8 Å². The van der Waals surface area contributed by atoms with Crippen molar-refractivity contribution in [3.63, 3.8) is 0 Å². The van der Waals surface area contributed by atoms with Gasteiger partial charge >= 0.3 is 5.97 Å². The highest BCUT2D eigenvalue weighted by Crippen LogP contribution is 2.29. The van der Waals surface area contributed by atoms with Crippen LogP contribution in [0.25, 0.3) is 6.08 Å². The molecule has 0 spiro atoms. The molecule has 2 aromatic rings. The van der Waals surface area contributed by atoms with E-state index >= 15 is 0 Å². The van der Waals surface area contributed by atoms with Crippen LogP contribution in [0.1, 0.15) is 16.0 Å². The molecule has 0 fully saturated rings. The Kier molecular flexibility index (Phi) is 5.59. The first-order valence-electron chi connectivity index (χ1n) is 6.42. The van der Waals surface area contributed by atoms with Gasteiger partial charge in [0.15, 0.2) is 0 Å². The van der Waals surface area contributed by atoms with Crippen LogP contribution in [-0.2, 0) is 11.2 Å². The minimum Gasteiger partial charge on any atom is -0.492 e. The molecule has 3 nitrogen and oxygen atoms in total. The van der Waals surface area contributed by atoms with Gasteiger partial charge in [-0.3, -0.25) is 0 Å². The van der Waals surface area contributed by atoms with Gasteiger partial charge in [-0.25, -0.2) is 4.79 Å². The summed E-state index contributed by atoms with van der Waals surface area (Å²) in [6.45, 7) is 2.51. The number of carboxylic acid groups (broad SMARTS) is 1. The summed E-state index contributed by atoms with van der Waals surface area (Å²) in [4.78, 5) is 12.0. The molecule has 1 N–H and O–H groups in total. The Bertz CT molecular complexity index is 648. The number of carboxylic acids is 1. The highest BCUT2D eigenvalue weighted by atomic mass is 79.9. The van der Waals surface area contributed by atoms with Crippen LogP contribution in [0, 0.1) is 6.92 Å². The number of carbonyl (C=O) groups is 1. The Hall–Kier alpha value is -1.59. The zero-order valence-corrected chi connectivity index (χ0v) is 13.9. The topological polar surface area (TPSA) is 46.5 Å². The van der Waals surface area contributed by atoms with Crippen molar-refractivity contribution >= 4 is 39.3 Å². The number of hydrogen-bond acceptors (Lipinski definition) is 3. The average molecular weight is 367 g/mol. The van der Waals surface area contributed by atoms with Crippen molar-refractivity contribution in [1.82, 2.24) is 0 Å². The van der Waals surface area contributed by atoms with Crippen LogP contribution < -0.4 is 4.74 Å². The third kappa shape index (κ3) is 4.72. The molecule has 0 atom stereocenters. The van der Waals surface area contributed by atoms with Crippen LogP contribution in [0.15, 0.2) is 40.2 Å². The van der Waals surface area contributed by atoms with Crippen LogP contribution in [0.4, 0.5) is 0 Å². The molecule has 110 valence electrons. The summed E-state index contributed by atoms with van der Waals surface area (Å²) in [7, 11) is 0. The minimum absolute atomic E-state index is 0.566. The highest BCUT2D eigenvalue weighted by molar-refractivity contribution is 9.10. The van der Waals surface area contributed by atoms with Crippen molar-refractivity contribution in [2.24, 2.45) is 0 Å². The molecule has 21 heavy (non-hydrogen) atoms. The monoisotopic (exact) mass is 366 g/mol. The molecular weight excluding hydrogens is 352 g/mol. The van der Waals surface area contributed by atoms with E-state index in [1.165, 1.54) is 4.88 Å². The molecule has 2 rings (SSSR count). The molecule has 0 bridgehead atoms. The first-order valence-corrected chi connectivity index (χ1v) is 8.10. The molecule has 5 heteroatoms. The number of thiophene rings is 1. The Morgan fingerprint density at radius 1 is 1.48 bits per heavy atom. The maximum absolute atomic E-state index is 10.7. The van der Waals surface area contributed by atoms with Gasteiger partial charge in [-0.1, -0.05) is 22.0 Å². The van der Waals surface area contributed by atoms with Gasteiger partial charge in [0.1, 0.15) is 5.75 Å². The Morgan fingerprint density at radius 2 is 2.29 bits per heavy atom. The van der Waals surface area contributed by atoms with E-state index in [-0.39, 0.29) is 0 Å². The number of hydrogen-bond donors (Lipinski definition) is 1. The second kappa shape index (κ2) is 7.43. The summed E-state index contributed by atoms with van der Waals surface area (Å²) >= 11 is 5.12. The summed E-state index contributed by atoms with van der Waals surface area (Å²) < 4.78 is 6.77. The van der Waals surface area contributed by atoms with Gasteiger partial charge in [0.25, 0.3) is 0 Å². The summed E-state index contributed by atoms with van der Waals surface area (Å²) in [5.41, 5.74) is 1.73. The fourth-order valence-corrected chi connectivity index (χ4v) is 3.23. The van der Waals surface area contributed by atoms with Crippen molar-refractivity contribution < 1.29 is 14.6 Å². The average Bonchev–Trinajstić information content (AvgIpc) is 2.92. The Labute approximate surface area is 136 Å². The van der Waals surface area contributed by atoms with Crippen LogP contribution in [-0.4, -0.2) is 17.7 Å². The number of ether oxygens (including phenoxy) is 1. The molecule has 0 radical (unpaired) electrons. The first kappa shape index (κ1) is 15.8. The number of aliphatic carboxylic acids is 1. The molecule has 1 aromatic carbocycles. The van der Waals surface area contributed by atoms with Crippen LogP contribution in [0.3, 0.4) is 0 Å². The number of rotatable bonds is 6. The molecule has 1 aromatic heterocycles. The van der Waals surface area contributed by atoms with E-state index in [1.807, 2.05) is 30.5 Å². The number of aryl methyl sites for hydroxylation is 1. The molecule has 0 unspecified atom stereocenters. The normalized spacial score (nSPS) is 11.0. The molecule has 1 heterocycles. The Morgan fingerprint density at radius 3 is 2.95 bits per heavy atom. The second-order valence-electron chi connectivity index (χ2n) is 4.49. The minimum atomic E-state index is -0.975. The van der Waals surface area contributed by atoms with E-state index in [9.17, 15) is 4.79 Å². The fourth-order valence-electron chi connectivity index (χ4n) is 1.95. The van der Waals surface area contributed by atoms with Gasteiger partial charge in [0.2, 0.25) is 0 Å². The smallest absolute Gasteiger partial charge is 0.328 e. The van der Waals surface area contributed by atoms with Crippen molar-refractivity contribution in [2.45, 2.75) is 13.3 Å². The lowest BCUT2D eigenvalue weighted by atomic mass is 10.1. The summed E-state index contributed by atoms with van der Waals surface area (Å²) in [5.74, 6) is -0.246. The SMILES string of the molecule is Cc1cc(Br)cc(/C=C/C(=O)O)c1OCCc1cccs1. The van der Waals surface area contributed by atoms with E-state index in [1.54, 1.807) is 17.4 Å². The van der Waals surface area contributed by atoms with Gasteiger partial charge < -0.3 is 9.84 Å². The van der Waals surface area contributed by atoms with E-state index in [0.29, 0.717) is 6.61 Å². The largest absolute Gasteiger partial charge is 0.492 e. The summed E-state index contributed by atoms with van der Waals surface area (Å²) in [5, 5.41) is 10.8. The predicted molar refractivity (Wildman–Crippen MR) is 89.1 cm³/mol. The van der Waals surface area contributed by atoms with Gasteiger partial charge in [-0.05, 0) is 42.1 Å². The summed E-state index contributed by atoms with van der Waals surface area (Å²) in [6.07, 6.45) is 3.52. The molecule has 0 aliphatic rings. The van der Waals surface area contributed by atoms with Gasteiger partial charge in [-0.2, -0.15) is 0 Å². The van der Waals surface area contributed by atoms with Crippen molar-refractivity contribution in [3.8, 4) is 5.75 Å². The second-order valence-corrected chi connectivity index (χ2v) is 6.44. The lowest BCUT2D eigenvalue weighted by Gasteiger charge is -2.12. The lowest BCUT2D eigenvalue weighted by molar-refractivity contribution is -0.131. The molecule has 0 saturated heterocycles. The van der Waals surface area contributed by atoms with Crippen molar-refractivity contribution in [3.05, 3.63) is 56.2 Å². The van der Waals surface area contributed by atoms with E-state index in [4.69, 9.17) is 9.84 Å². The fraction of sp³-hybridized carbons (Fsp3) is 0.188. The maximum atomic E-state index is 10.7. The molecule has 0 amide bonds. The van der Waals surface area contributed by atoms with E-state index in [2.05, 4.69) is 22.0 Å². The molecule has 0 saturated carbocycles. The van der Waals surface area contributed by atoms with Crippen molar-refractivity contribution in [2.75, 3.05) is 6.61 Å². The number of halogens is 1. The zero-order chi connectivity index (χ0) is 15.2. The third-order valence-corrected chi connectivity index (χ3v) is 4.24. The van der Waals surface area contributed by atoms with Crippen molar-refractivity contribution in [1.29, 1.82) is 0 Å². The van der Waals surface area contributed by atoms with Gasteiger partial charge in [0, 0.05) is 27.4 Å². The van der Waals surface area contributed by atoms with Crippen LogP contribution in [0.2, 0.25) is 0 Å².